The van der Waals surface area contributed by atoms with Gasteiger partial charge in [-0.2, -0.15) is 5.10 Å². The monoisotopic (exact) mass is 350 g/mol. The van der Waals surface area contributed by atoms with Crippen molar-refractivity contribution in [1.29, 1.82) is 0 Å². The number of pyridine rings is 2. The Bertz CT molecular complexity index is 971. The van der Waals surface area contributed by atoms with Gasteiger partial charge in [-0.15, -0.1) is 0 Å². The Morgan fingerprint density at radius 3 is 2.81 bits per heavy atom. The van der Waals surface area contributed by atoms with Crippen LogP contribution in [0.25, 0.3) is 5.65 Å². The van der Waals surface area contributed by atoms with Gasteiger partial charge in [0.15, 0.2) is 5.65 Å². The van der Waals surface area contributed by atoms with Crippen molar-refractivity contribution < 1.29 is 9.53 Å². The molecule has 9 heteroatoms. The lowest BCUT2D eigenvalue weighted by atomic mass is 9.86. The molecule has 0 bridgehead atoms. The molecular weight excluding hydrogens is 331 g/mol. The zero-order valence-corrected chi connectivity index (χ0v) is 15.1. The van der Waals surface area contributed by atoms with E-state index in [1.165, 1.54) is 6.33 Å². The molecule has 1 unspecified atom stereocenters. The third-order valence-electron chi connectivity index (χ3n) is 4.18. The van der Waals surface area contributed by atoms with Gasteiger partial charge < -0.3 is 15.4 Å². The minimum atomic E-state index is -0.418. The highest BCUT2D eigenvalue weighted by Crippen LogP contribution is 2.23. The van der Waals surface area contributed by atoms with Crippen LogP contribution in [0.2, 0.25) is 0 Å². The number of anilines is 2. The number of hydrogen-bond donors (Lipinski definition) is 2. The van der Waals surface area contributed by atoms with E-state index in [1.54, 1.807) is 30.9 Å². The van der Waals surface area contributed by atoms with Gasteiger partial charge in [-0.1, -0.05) is 5.46 Å². The summed E-state index contributed by atoms with van der Waals surface area (Å²) >= 11 is 0. The van der Waals surface area contributed by atoms with Gasteiger partial charge in [-0.25, -0.2) is 14.3 Å². The first kappa shape index (κ1) is 17.9. The van der Waals surface area contributed by atoms with Crippen LogP contribution in [-0.4, -0.2) is 40.6 Å². The minimum Gasteiger partial charge on any atom is -0.377 e. The predicted molar refractivity (Wildman–Crippen MR) is 100 cm³/mol. The van der Waals surface area contributed by atoms with Crippen molar-refractivity contribution >= 4 is 36.4 Å². The molecule has 8 nitrogen and oxygen atoms in total. The van der Waals surface area contributed by atoms with Gasteiger partial charge >= 0.3 is 6.03 Å². The van der Waals surface area contributed by atoms with Crippen LogP contribution in [0.15, 0.2) is 24.8 Å². The largest absolute Gasteiger partial charge is 0.377 e. The Morgan fingerprint density at radius 1 is 1.31 bits per heavy atom. The zero-order chi connectivity index (χ0) is 18.8. The van der Waals surface area contributed by atoms with Gasteiger partial charge in [0, 0.05) is 18.4 Å². The lowest BCUT2D eigenvalue weighted by Crippen LogP contribution is -2.26. The Morgan fingerprint density at radius 2 is 2.08 bits per heavy atom. The van der Waals surface area contributed by atoms with Gasteiger partial charge in [0.05, 0.1) is 29.9 Å². The normalized spacial score (nSPS) is 12.2. The number of methoxy groups -OCH3 is 1. The molecule has 0 saturated carbocycles. The van der Waals surface area contributed by atoms with E-state index in [0.29, 0.717) is 28.1 Å². The fraction of sp³-hybridized carbons (Fsp3) is 0.294. The van der Waals surface area contributed by atoms with Gasteiger partial charge in [0.25, 0.3) is 0 Å². The van der Waals surface area contributed by atoms with Crippen LogP contribution in [0, 0.1) is 13.8 Å². The maximum absolute atomic E-state index is 12.4. The van der Waals surface area contributed by atoms with E-state index in [1.807, 2.05) is 19.9 Å². The highest BCUT2D eigenvalue weighted by atomic mass is 16.5. The summed E-state index contributed by atoms with van der Waals surface area (Å²) in [7, 11) is 7.71. The van der Waals surface area contributed by atoms with Crippen LogP contribution in [-0.2, 0) is 4.74 Å². The molecule has 0 aliphatic rings. The average molecular weight is 350 g/mol. The number of fused-ring (bicyclic) bond motifs is 1. The standard InChI is InChI=1S/C17H19BN6O2/c1-9-5-12(7-24-16(9)20-8-21-24)22-17(25)23-13-6-19-10(2)15(18)14(13)11(3)26-4/h5-8,11H,1-4H3,(H2,22,23,25). The maximum Gasteiger partial charge on any atom is 0.323 e. The number of carbonyl (C=O) groups is 1. The van der Waals surface area contributed by atoms with Crippen molar-refractivity contribution in [3.63, 3.8) is 0 Å². The summed E-state index contributed by atoms with van der Waals surface area (Å²) in [5.74, 6) is 0. The number of ether oxygens (including phenoxy) is 1. The number of aromatic nitrogens is 4. The quantitative estimate of drug-likeness (QED) is 0.701. The molecule has 132 valence electrons. The average Bonchev–Trinajstić information content (AvgIpc) is 3.07. The summed E-state index contributed by atoms with van der Waals surface area (Å²) in [6.07, 6.45) is 4.43. The summed E-state index contributed by atoms with van der Waals surface area (Å²) in [4.78, 5) is 20.8. The topological polar surface area (TPSA) is 93.4 Å². The maximum atomic E-state index is 12.4. The Labute approximate surface area is 152 Å². The zero-order valence-electron chi connectivity index (χ0n) is 15.1. The molecule has 0 fully saturated rings. The highest BCUT2D eigenvalue weighted by Gasteiger charge is 2.17. The Kier molecular flexibility index (Phi) is 4.90. The van der Waals surface area contributed by atoms with E-state index >= 15 is 0 Å². The summed E-state index contributed by atoms with van der Waals surface area (Å²) < 4.78 is 6.98. The molecule has 0 spiro atoms. The second kappa shape index (κ2) is 7.13. The van der Waals surface area contributed by atoms with Gasteiger partial charge in [-0.3, -0.25) is 4.98 Å². The van der Waals surface area contributed by atoms with E-state index < -0.39 is 6.03 Å². The number of urea groups is 1. The van der Waals surface area contributed by atoms with Crippen molar-refractivity contribution in [1.82, 2.24) is 19.6 Å². The van der Waals surface area contributed by atoms with Gasteiger partial charge in [0.2, 0.25) is 0 Å². The molecule has 2 amide bonds. The van der Waals surface area contributed by atoms with E-state index in [-0.39, 0.29) is 6.10 Å². The van der Waals surface area contributed by atoms with Crippen molar-refractivity contribution in [3.8, 4) is 0 Å². The van der Waals surface area contributed by atoms with Crippen molar-refractivity contribution in [2.45, 2.75) is 26.9 Å². The van der Waals surface area contributed by atoms with Gasteiger partial charge in [-0.05, 0) is 32.4 Å². The van der Waals surface area contributed by atoms with Crippen molar-refractivity contribution in [3.05, 3.63) is 41.6 Å². The van der Waals surface area contributed by atoms with Crippen LogP contribution < -0.4 is 16.1 Å². The summed E-state index contributed by atoms with van der Waals surface area (Å²) in [5, 5.41) is 9.66. The lowest BCUT2D eigenvalue weighted by molar-refractivity contribution is 0.121. The number of amides is 2. The molecule has 3 aromatic heterocycles. The Hall–Kier alpha value is -2.94. The summed E-state index contributed by atoms with van der Waals surface area (Å²) in [6, 6.07) is 1.41. The fourth-order valence-corrected chi connectivity index (χ4v) is 2.74. The molecule has 0 aromatic carbocycles. The number of carbonyl (C=O) groups excluding carboxylic acids is 1. The van der Waals surface area contributed by atoms with Crippen LogP contribution in [0.1, 0.15) is 29.8 Å². The second-order valence-corrected chi connectivity index (χ2v) is 5.98. The summed E-state index contributed by atoms with van der Waals surface area (Å²) in [6.45, 7) is 5.56. The molecule has 3 aromatic rings. The number of nitrogens with zero attached hydrogens (tertiary/aromatic N) is 4. The molecule has 2 radical (unpaired) electrons. The van der Waals surface area contributed by atoms with E-state index in [0.717, 1.165) is 11.2 Å². The van der Waals surface area contributed by atoms with Gasteiger partial charge in [0.1, 0.15) is 14.2 Å². The molecule has 0 aliphatic carbocycles. The lowest BCUT2D eigenvalue weighted by Gasteiger charge is -2.20. The SMILES string of the molecule is [B]c1c(C)ncc(NC(=O)Nc2cc(C)c3ncnn3c2)c1C(C)OC. The first-order valence-electron chi connectivity index (χ1n) is 8.06. The fourth-order valence-electron chi connectivity index (χ4n) is 2.74. The smallest absolute Gasteiger partial charge is 0.323 e. The molecule has 3 rings (SSSR count). The predicted octanol–water partition coefficient (Wildman–Crippen LogP) is 1.89. The van der Waals surface area contributed by atoms with E-state index in [9.17, 15) is 4.79 Å². The third-order valence-corrected chi connectivity index (χ3v) is 4.18. The van der Waals surface area contributed by atoms with E-state index in [4.69, 9.17) is 12.6 Å². The molecule has 3 heterocycles. The number of hydrogen-bond acceptors (Lipinski definition) is 5. The van der Waals surface area contributed by atoms with Crippen LogP contribution >= 0.6 is 0 Å². The van der Waals surface area contributed by atoms with Crippen LogP contribution in [0.3, 0.4) is 0 Å². The third kappa shape index (κ3) is 3.38. The van der Waals surface area contributed by atoms with Crippen molar-refractivity contribution in [2.24, 2.45) is 0 Å². The molecule has 0 aliphatic heterocycles. The number of rotatable bonds is 4. The molecule has 0 saturated heterocycles. The van der Waals surface area contributed by atoms with E-state index in [2.05, 4.69) is 25.7 Å². The molecule has 2 N–H and O–H groups in total. The highest BCUT2D eigenvalue weighted by molar-refractivity contribution is 6.34. The first-order valence-corrected chi connectivity index (χ1v) is 8.06. The number of nitrogens with one attached hydrogen (secondary N) is 2. The molecular formula is C17H19BN6O2. The van der Waals surface area contributed by atoms with Crippen molar-refractivity contribution in [2.75, 3.05) is 17.7 Å². The second-order valence-electron chi connectivity index (χ2n) is 5.98. The first-order chi connectivity index (χ1) is 12.4. The molecule has 1 atom stereocenters. The summed E-state index contributed by atoms with van der Waals surface area (Å²) in [5.41, 5.74) is 4.60. The molecule has 26 heavy (non-hydrogen) atoms. The Balaban J connectivity index is 1.84. The van der Waals surface area contributed by atoms with Crippen LogP contribution in [0.4, 0.5) is 16.2 Å². The van der Waals surface area contributed by atoms with Crippen LogP contribution in [0.5, 0.6) is 0 Å². The minimum absolute atomic E-state index is 0.291. The number of aryl methyl sites for hydroxylation is 2.